The van der Waals surface area contributed by atoms with Crippen molar-refractivity contribution in [3.63, 3.8) is 0 Å². The zero-order valence-electron chi connectivity index (χ0n) is 9.76. The van der Waals surface area contributed by atoms with Crippen LogP contribution >= 0.6 is 11.6 Å². The predicted molar refractivity (Wildman–Crippen MR) is 68.5 cm³/mol. The molecule has 0 unspecified atom stereocenters. The Hall–Kier alpha value is -0.790. The van der Waals surface area contributed by atoms with Crippen LogP contribution in [0.25, 0.3) is 5.57 Å². The molecule has 1 N–H and O–H groups in total. The molecule has 0 radical (unpaired) electrons. The summed E-state index contributed by atoms with van der Waals surface area (Å²) in [5, 5.41) is 10.2. The molecule has 2 rings (SSSR count). The zero-order valence-corrected chi connectivity index (χ0v) is 10.5. The molecule has 0 fully saturated rings. The Morgan fingerprint density at radius 2 is 1.81 bits per heavy atom. The summed E-state index contributed by atoms with van der Waals surface area (Å²) in [5.41, 5.74) is 3.93. The van der Waals surface area contributed by atoms with Crippen LogP contribution in [-0.4, -0.2) is 11.7 Å². The Morgan fingerprint density at radius 1 is 1.19 bits per heavy atom. The van der Waals surface area contributed by atoms with Crippen molar-refractivity contribution in [2.45, 2.75) is 26.7 Å². The second-order valence-corrected chi connectivity index (χ2v) is 5.70. The molecule has 2 heteroatoms. The lowest BCUT2D eigenvalue weighted by Gasteiger charge is -2.17. The van der Waals surface area contributed by atoms with Crippen LogP contribution in [-0.2, 0) is 0 Å². The first-order chi connectivity index (χ1) is 7.52. The number of hydrogen-bond donors (Lipinski definition) is 1. The van der Waals surface area contributed by atoms with Crippen LogP contribution in [0.3, 0.4) is 0 Å². The molecule has 1 aliphatic rings. The molecule has 86 valence electrons. The quantitative estimate of drug-likeness (QED) is 0.826. The minimum absolute atomic E-state index is 0.168. The summed E-state index contributed by atoms with van der Waals surface area (Å²) < 4.78 is 0. The molecule has 0 aliphatic heterocycles. The number of aliphatic hydroxyl groups is 1. The van der Waals surface area contributed by atoms with Gasteiger partial charge >= 0.3 is 0 Å². The number of aliphatic hydroxyl groups excluding tert-OH is 1. The average molecular weight is 237 g/mol. The highest BCUT2D eigenvalue weighted by molar-refractivity contribution is 6.30. The van der Waals surface area contributed by atoms with Gasteiger partial charge in [0.25, 0.3) is 0 Å². The highest BCUT2D eigenvalue weighted by atomic mass is 35.5. The summed E-state index contributed by atoms with van der Waals surface area (Å²) in [6.45, 7) is 4.65. The largest absolute Gasteiger partial charge is 0.392 e. The van der Waals surface area contributed by atoms with Crippen LogP contribution in [0.15, 0.2) is 29.8 Å². The fourth-order valence-electron chi connectivity index (χ4n) is 2.46. The lowest BCUT2D eigenvalue weighted by atomic mass is 9.88. The molecule has 1 nitrogen and oxygen atoms in total. The van der Waals surface area contributed by atoms with Crippen molar-refractivity contribution in [1.29, 1.82) is 0 Å². The summed E-state index contributed by atoms with van der Waals surface area (Å²) in [6.07, 6.45) is 2.02. The minimum Gasteiger partial charge on any atom is -0.392 e. The minimum atomic E-state index is 0.168. The van der Waals surface area contributed by atoms with Gasteiger partial charge < -0.3 is 5.11 Å². The zero-order chi connectivity index (χ0) is 11.8. The smallest absolute Gasteiger partial charge is 0.0647 e. The predicted octanol–water partition coefficient (Wildman–Crippen LogP) is 3.91. The summed E-state index contributed by atoms with van der Waals surface area (Å²) in [5.74, 6) is 0. The van der Waals surface area contributed by atoms with E-state index in [0.717, 1.165) is 17.9 Å². The lowest BCUT2D eigenvalue weighted by Crippen LogP contribution is -2.05. The number of halogens is 1. The van der Waals surface area contributed by atoms with Crippen LogP contribution in [0.1, 0.15) is 32.3 Å². The second kappa shape index (κ2) is 4.23. The van der Waals surface area contributed by atoms with Crippen LogP contribution in [0.2, 0.25) is 5.02 Å². The van der Waals surface area contributed by atoms with Crippen LogP contribution in [0.4, 0.5) is 0 Å². The third-order valence-corrected chi connectivity index (χ3v) is 3.41. The van der Waals surface area contributed by atoms with Crippen molar-refractivity contribution in [1.82, 2.24) is 0 Å². The maximum Gasteiger partial charge on any atom is 0.0647 e. The van der Waals surface area contributed by atoms with Crippen molar-refractivity contribution in [2.75, 3.05) is 6.61 Å². The van der Waals surface area contributed by atoms with Gasteiger partial charge in [-0.05, 0) is 47.1 Å². The van der Waals surface area contributed by atoms with Crippen LogP contribution < -0.4 is 0 Å². The first kappa shape index (κ1) is 11.7. The highest BCUT2D eigenvalue weighted by Gasteiger charge is 2.30. The maximum absolute atomic E-state index is 9.40. The summed E-state index contributed by atoms with van der Waals surface area (Å²) in [4.78, 5) is 0. The average Bonchev–Trinajstić information content (AvgIpc) is 2.55. The van der Waals surface area contributed by atoms with Crippen LogP contribution in [0.5, 0.6) is 0 Å². The van der Waals surface area contributed by atoms with E-state index < -0.39 is 0 Å². The van der Waals surface area contributed by atoms with Gasteiger partial charge in [-0.3, -0.25) is 0 Å². The van der Waals surface area contributed by atoms with Crippen LogP contribution in [0, 0.1) is 5.41 Å². The van der Waals surface area contributed by atoms with E-state index in [-0.39, 0.29) is 12.0 Å². The molecule has 0 saturated carbocycles. The molecular formula is C14H17ClO. The van der Waals surface area contributed by atoms with Gasteiger partial charge in [0.05, 0.1) is 6.61 Å². The molecule has 0 spiro atoms. The van der Waals surface area contributed by atoms with E-state index in [4.69, 9.17) is 11.6 Å². The fraction of sp³-hybridized carbons (Fsp3) is 0.429. The Morgan fingerprint density at radius 3 is 2.38 bits per heavy atom. The van der Waals surface area contributed by atoms with E-state index in [9.17, 15) is 5.11 Å². The van der Waals surface area contributed by atoms with Gasteiger partial charge in [-0.1, -0.05) is 37.6 Å². The van der Waals surface area contributed by atoms with Gasteiger partial charge in [0.1, 0.15) is 0 Å². The monoisotopic (exact) mass is 236 g/mol. The summed E-state index contributed by atoms with van der Waals surface area (Å²) >= 11 is 5.88. The van der Waals surface area contributed by atoms with Crippen molar-refractivity contribution < 1.29 is 5.11 Å². The standard InChI is InChI=1S/C14H17ClO/c1-14(2)7-11(9-16)13(8-14)10-3-5-12(15)6-4-10/h3-6,16H,7-9H2,1-2H3. The van der Waals surface area contributed by atoms with Gasteiger partial charge in [-0.25, -0.2) is 0 Å². The highest BCUT2D eigenvalue weighted by Crippen LogP contribution is 2.45. The van der Waals surface area contributed by atoms with E-state index >= 15 is 0 Å². The van der Waals surface area contributed by atoms with Crippen molar-refractivity contribution in [3.05, 3.63) is 40.4 Å². The number of hydrogen-bond acceptors (Lipinski definition) is 1. The molecule has 0 aromatic heterocycles. The van der Waals surface area contributed by atoms with Gasteiger partial charge in [-0.2, -0.15) is 0 Å². The molecule has 0 atom stereocenters. The SMILES string of the molecule is CC1(C)CC(CO)=C(c2ccc(Cl)cc2)C1. The number of allylic oxidation sites excluding steroid dienone is 1. The maximum atomic E-state index is 9.40. The Kier molecular flexibility index (Phi) is 3.09. The van der Waals surface area contributed by atoms with E-state index in [2.05, 4.69) is 13.8 Å². The molecule has 0 amide bonds. The van der Waals surface area contributed by atoms with Crippen molar-refractivity contribution >= 4 is 17.2 Å². The lowest BCUT2D eigenvalue weighted by molar-refractivity contribution is 0.312. The molecule has 0 heterocycles. The molecular weight excluding hydrogens is 220 g/mol. The van der Waals surface area contributed by atoms with Gasteiger partial charge in [0.15, 0.2) is 0 Å². The van der Waals surface area contributed by atoms with E-state index in [1.807, 2.05) is 24.3 Å². The third-order valence-electron chi connectivity index (χ3n) is 3.16. The second-order valence-electron chi connectivity index (χ2n) is 5.26. The normalized spacial score (nSPS) is 19.2. The summed E-state index contributed by atoms with van der Waals surface area (Å²) in [7, 11) is 0. The fourth-order valence-corrected chi connectivity index (χ4v) is 2.58. The molecule has 1 aromatic carbocycles. The topological polar surface area (TPSA) is 20.2 Å². The first-order valence-electron chi connectivity index (χ1n) is 5.59. The van der Waals surface area contributed by atoms with Gasteiger partial charge in [0.2, 0.25) is 0 Å². The van der Waals surface area contributed by atoms with Gasteiger partial charge in [0, 0.05) is 5.02 Å². The van der Waals surface area contributed by atoms with Crippen molar-refractivity contribution in [2.24, 2.45) is 5.41 Å². The molecule has 1 aromatic rings. The Bertz CT molecular complexity index is 415. The van der Waals surface area contributed by atoms with Crippen molar-refractivity contribution in [3.8, 4) is 0 Å². The molecule has 16 heavy (non-hydrogen) atoms. The summed E-state index contributed by atoms with van der Waals surface area (Å²) in [6, 6.07) is 7.89. The third kappa shape index (κ3) is 2.31. The van der Waals surface area contributed by atoms with E-state index in [1.54, 1.807) is 0 Å². The van der Waals surface area contributed by atoms with E-state index in [1.165, 1.54) is 16.7 Å². The number of rotatable bonds is 2. The molecule has 0 bridgehead atoms. The Labute approximate surface area is 102 Å². The first-order valence-corrected chi connectivity index (χ1v) is 5.97. The Balaban J connectivity index is 2.35. The number of benzene rings is 1. The molecule has 0 saturated heterocycles. The van der Waals surface area contributed by atoms with Gasteiger partial charge in [-0.15, -0.1) is 0 Å². The molecule has 1 aliphatic carbocycles. The van der Waals surface area contributed by atoms with E-state index in [0.29, 0.717) is 0 Å².